The Kier molecular flexibility index (Phi) is 6.02. The summed E-state index contributed by atoms with van der Waals surface area (Å²) in [6.45, 7) is 12.2. The fourth-order valence-corrected chi connectivity index (χ4v) is 3.57. The van der Waals surface area contributed by atoms with Crippen LogP contribution in [0.1, 0.15) is 45.9 Å². The molecule has 31 heavy (non-hydrogen) atoms. The molecule has 0 spiro atoms. The second-order valence-electron chi connectivity index (χ2n) is 9.30. The van der Waals surface area contributed by atoms with E-state index in [-0.39, 0.29) is 5.91 Å². The normalized spacial score (nSPS) is 16.4. The second-order valence-corrected chi connectivity index (χ2v) is 9.30. The highest BCUT2D eigenvalue weighted by molar-refractivity contribution is 6.01. The molecule has 0 radical (unpaired) electrons. The summed E-state index contributed by atoms with van der Waals surface area (Å²) in [4.78, 5) is 29.1. The highest BCUT2D eigenvalue weighted by Gasteiger charge is 2.46. The summed E-state index contributed by atoms with van der Waals surface area (Å²) in [5, 5.41) is 4.67. The van der Waals surface area contributed by atoms with Crippen molar-refractivity contribution in [1.82, 2.24) is 14.7 Å². The van der Waals surface area contributed by atoms with E-state index in [1.165, 1.54) is 4.90 Å². The number of methoxy groups -OCH3 is 1. The summed E-state index contributed by atoms with van der Waals surface area (Å²) in [7, 11) is 1.64. The molecule has 1 aromatic heterocycles. The highest BCUT2D eigenvalue weighted by atomic mass is 16.6. The van der Waals surface area contributed by atoms with Crippen LogP contribution in [0.15, 0.2) is 30.3 Å². The Bertz CT molecular complexity index is 957. The molecule has 8 nitrogen and oxygen atoms in total. The zero-order valence-corrected chi connectivity index (χ0v) is 19.4. The summed E-state index contributed by atoms with van der Waals surface area (Å²) >= 11 is 0. The molecule has 2 aromatic rings. The fourth-order valence-electron chi connectivity index (χ4n) is 3.57. The number of carbonyl (C=O) groups excluding carboxylic acids is 2. The third-order valence-corrected chi connectivity index (χ3v) is 5.34. The average molecular weight is 429 g/mol. The number of benzene rings is 1. The summed E-state index contributed by atoms with van der Waals surface area (Å²) in [6.07, 6.45) is -0.480. The second kappa shape index (κ2) is 8.24. The van der Waals surface area contributed by atoms with Crippen molar-refractivity contribution < 1.29 is 19.1 Å². The Labute approximate surface area is 183 Å². The lowest BCUT2D eigenvalue weighted by atomic mass is 9.98. The number of anilines is 1. The lowest BCUT2D eigenvalue weighted by Gasteiger charge is -2.45. The maximum absolute atomic E-state index is 13.3. The molecule has 1 aromatic carbocycles. The molecule has 0 saturated carbocycles. The predicted molar refractivity (Wildman–Crippen MR) is 118 cm³/mol. The summed E-state index contributed by atoms with van der Waals surface area (Å²) in [5.74, 6) is 1.21. The van der Waals surface area contributed by atoms with Crippen LogP contribution in [0.25, 0.3) is 0 Å². The number of ether oxygens (including phenoxy) is 2. The first-order valence-electron chi connectivity index (χ1n) is 10.4. The monoisotopic (exact) mass is 428 g/mol. The number of hydrogen-bond donors (Lipinski definition) is 0. The molecule has 1 saturated heterocycles. The highest BCUT2D eigenvalue weighted by Crippen LogP contribution is 2.28. The van der Waals surface area contributed by atoms with E-state index in [0.29, 0.717) is 25.5 Å². The molecule has 168 valence electrons. The zero-order valence-electron chi connectivity index (χ0n) is 19.4. The van der Waals surface area contributed by atoms with Crippen LogP contribution in [0.4, 0.5) is 10.6 Å². The van der Waals surface area contributed by atoms with Crippen LogP contribution in [0.2, 0.25) is 0 Å². The first kappa shape index (κ1) is 22.7. The van der Waals surface area contributed by atoms with Crippen LogP contribution in [0.5, 0.6) is 5.75 Å². The Hall–Kier alpha value is -3.03. The van der Waals surface area contributed by atoms with Gasteiger partial charge in [-0.3, -0.25) is 19.3 Å². The van der Waals surface area contributed by atoms with Crippen LogP contribution in [-0.4, -0.2) is 58.0 Å². The van der Waals surface area contributed by atoms with Gasteiger partial charge in [-0.1, -0.05) is 12.1 Å². The molecule has 2 amide bonds. The Balaban J connectivity index is 1.77. The van der Waals surface area contributed by atoms with Crippen molar-refractivity contribution in [3.8, 4) is 5.75 Å². The summed E-state index contributed by atoms with van der Waals surface area (Å²) in [6, 6.07) is 9.72. The summed E-state index contributed by atoms with van der Waals surface area (Å²) in [5.41, 5.74) is 0.379. The molecule has 0 aliphatic carbocycles. The number of amides is 2. The van der Waals surface area contributed by atoms with Crippen LogP contribution in [-0.2, 0) is 16.1 Å². The van der Waals surface area contributed by atoms with Crippen molar-refractivity contribution in [2.75, 3.05) is 25.1 Å². The maximum Gasteiger partial charge on any atom is 0.411 e. The zero-order chi connectivity index (χ0) is 23.0. The maximum atomic E-state index is 13.3. The van der Waals surface area contributed by atoms with Crippen molar-refractivity contribution in [3.05, 3.63) is 41.6 Å². The smallest absolute Gasteiger partial charge is 0.411 e. The van der Waals surface area contributed by atoms with Gasteiger partial charge in [0, 0.05) is 24.8 Å². The lowest BCUT2D eigenvalue weighted by Crippen LogP contribution is -2.65. The van der Waals surface area contributed by atoms with Crippen molar-refractivity contribution in [2.45, 2.75) is 59.2 Å². The molecule has 0 N–H and O–H groups in total. The largest absolute Gasteiger partial charge is 0.497 e. The van der Waals surface area contributed by atoms with Gasteiger partial charge in [0.15, 0.2) is 5.82 Å². The fraction of sp³-hybridized carbons (Fsp3) is 0.522. The Morgan fingerprint density at radius 2 is 1.81 bits per heavy atom. The van der Waals surface area contributed by atoms with Gasteiger partial charge >= 0.3 is 6.09 Å². The number of rotatable bonds is 4. The quantitative estimate of drug-likeness (QED) is 0.744. The third kappa shape index (κ3) is 4.84. The third-order valence-electron chi connectivity index (χ3n) is 5.34. The Morgan fingerprint density at radius 1 is 1.16 bits per heavy atom. The molecular formula is C23H32N4O4. The minimum absolute atomic E-state index is 0.182. The molecule has 1 aliphatic rings. The van der Waals surface area contributed by atoms with Gasteiger partial charge in [-0.15, -0.1) is 0 Å². The van der Waals surface area contributed by atoms with Crippen molar-refractivity contribution >= 4 is 17.8 Å². The number of carbonyl (C=O) groups is 2. The first-order valence-corrected chi connectivity index (χ1v) is 10.4. The minimum Gasteiger partial charge on any atom is -0.497 e. The topological polar surface area (TPSA) is 76.9 Å². The molecule has 0 unspecified atom stereocenters. The van der Waals surface area contributed by atoms with Gasteiger partial charge in [0.1, 0.15) is 16.9 Å². The molecule has 0 bridgehead atoms. The number of aryl methyl sites for hydroxylation is 1. The molecule has 0 atom stereocenters. The minimum atomic E-state index is -1.03. The Morgan fingerprint density at radius 3 is 2.39 bits per heavy atom. The van der Waals surface area contributed by atoms with E-state index in [1.807, 2.05) is 62.7 Å². The standard InChI is InChI=1S/C23H32N4O4/c1-16-14-19(24-27(16)15-17-8-10-18(30-7)11-9-17)25-12-13-26(23(5,6)20(25)28)21(29)31-22(2,3)4/h8-11,14H,12-13,15H2,1-7H3. The van der Waals surface area contributed by atoms with Gasteiger partial charge in [0.2, 0.25) is 0 Å². The summed E-state index contributed by atoms with van der Waals surface area (Å²) < 4.78 is 12.6. The number of aromatic nitrogens is 2. The van der Waals surface area contributed by atoms with Crippen LogP contribution in [0, 0.1) is 6.92 Å². The first-order chi connectivity index (χ1) is 14.4. The molecule has 1 fully saturated rings. The van der Waals surface area contributed by atoms with Gasteiger partial charge in [0.05, 0.1) is 13.7 Å². The van der Waals surface area contributed by atoms with Crippen molar-refractivity contribution in [2.24, 2.45) is 0 Å². The molecule has 1 aliphatic heterocycles. The van der Waals surface area contributed by atoms with Crippen molar-refractivity contribution in [1.29, 1.82) is 0 Å². The number of piperazine rings is 1. The molecular weight excluding hydrogens is 396 g/mol. The van der Waals surface area contributed by atoms with E-state index in [9.17, 15) is 9.59 Å². The molecule has 2 heterocycles. The molecule has 8 heteroatoms. The van der Waals surface area contributed by atoms with Crippen molar-refractivity contribution in [3.63, 3.8) is 0 Å². The average Bonchev–Trinajstić information content (AvgIpc) is 3.03. The van der Waals surface area contributed by atoms with Gasteiger partial charge in [-0.05, 0) is 59.2 Å². The molecule has 3 rings (SSSR count). The van der Waals surface area contributed by atoms with Crippen LogP contribution < -0.4 is 9.64 Å². The van der Waals surface area contributed by atoms with E-state index in [1.54, 1.807) is 25.9 Å². The van der Waals surface area contributed by atoms with Gasteiger partial charge in [0.25, 0.3) is 5.91 Å². The number of hydrogen-bond acceptors (Lipinski definition) is 5. The van der Waals surface area contributed by atoms with E-state index in [2.05, 4.69) is 5.10 Å². The van der Waals surface area contributed by atoms with E-state index < -0.39 is 17.2 Å². The van der Waals surface area contributed by atoms with E-state index >= 15 is 0 Å². The predicted octanol–water partition coefficient (Wildman–Crippen LogP) is 3.61. The van der Waals surface area contributed by atoms with E-state index in [4.69, 9.17) is 9.47 Å². The number of nitrogens with zero attached hydrogens (tertiary/aromatic N) is 4. The lowest BCUT2D eigenvalue weighted by molar-refractivity contribution is -0.131. The van der Waals surface area contributed by atoms with Crippen LogP contribution >= 0.6 is 0 Å². The van der Waals surface area contributed by atoms with Gasteiger partial charge < -0.3 is 9.47 Å². The van der Waals surface area contributed by atoms with Crippen LogP contribution in [0.3, 0.4) is 0 Å². The van der Waals surface area contributed by atoms with Gasteiger partial charge in [-0.2, -0.15) is 5.10 Å². The SMILES string of the molecule is COc1ccc(Cn2nc(N3CCN(C(=O)OC(C)(C)C)C(C)(C)C3=O)cc2C)cc1. The van der Waals surface area contributed by atoms with E-state index in [0.717, 1.165) is 17.0 Å². The van der Waals surface area contributed by atoms with Gasteiger partial charge in [-0.25, -0.2) is 4.79 Å².